The van der Waals surface area contributed by atoms with Gasteiger partial charge in [-0.1, -0.05) is 6.92 Å². The van der Waals surface area contributed by atoms with Crippen LogP contribution in [-0.4, -0.2) is 58.3 Å². The van der Waals surface area contributed by atoms with E-state index in [-0.39, 0.29) is 16.6 Å². The molecule has 122 valence electrons. The van der Waals surface area contributed by atoms with Gasteiger partial charge in [-0.25, -0.2) is 8.42 Å². The maximum atomic E-state index is 12.4. The number of hydrogen-bond acceptors (Lipinski definition) is 5. The van der Waals surface area contributed by atoms with E-state index < -0.39 is 15.8 Å². The second-order valence-corrected chi connectivity index (χ2v) is 7.47. The molecule has 1 unspecified atom stereocenters. The number of methoxy groups -OCH3 is 1. The van der Waals surface area contributed by atoms with E-state index in [2.05, 4.69) is 5.32 Å². The summed E-state index contributed by atoms with van der Waals surface area (Å²) in [6.45, 7) is 4.44. The molecule has 1 aliphatic heterocycles. The molecular formula is C15H22N2O4S. The van der Waals surface area contributed by atoms with Crippen LogP contribution in [0, 0.1) is 5.92 Å². The molecular weight excluding hydrogens is 304 g/mol. The summed E-state index contributed by atoms with van der Waals surface area (Å²) in [6.07, 6.45) is 0. The summed E-state index contributed by atoms with van der Waals surface area (Å²) < 4.78 is 29.8. The van der Waals surface area contributed by atoms with E-state index in [1.54, 1.807) is 24.0 Å². The first-order valence-electron chi connectivity index (χ1n) is 7.30. The highest BCUT2D eigenvalue weighted by molar-refractivity contribution is 7.91. The van der Waals surface area contributed by atoms with Crippen LogP contribution in [-0.2, 0) is 14.6 Å². The van der Waals surface area contributed by atoms with Crippen molar-refractivity contribution in [3.8, 4) is 5.75 Å². The van der Waals surface area contributed by atoms with E-state index in [0.29, 0.717) is 18.8 Å². The van der Waals surface area contributed by atoms with Gasteiger partial charge in [-0.05, 0) is 24.3 Å². The van der Waals surface area contributed by atoms with Crippen molar-refractivity contribution in [2.45, 2.75) is 11.8 Å². The van der Waals surface area contributed by atoms with Crippen LogP contribution in [0.4, 0.5) is 0 Å². The van der Waals surface area contributed by atoms with Crippen molar-refractivity contribution in [3.63, 3.8) is 0 Å². The predicted molar refractivity (Wildman–Crippen MR) is 83.7 cm³/mol. The van der Waals surface area contributed by atoms with Crippen LogP contribution in [0.1, 0.15) is 6.92 Å². The molecule has 2 rings (SSSR count). The zero-order valence-corrected chi connectivity index (χ0v) is 13.7. The van der Waals surface area contributed by atoms with Gasteiger partial charge in [-0.2, -0.15) is 0 Å². The first-order chi connectivity index (χ1) is 10.4. The minimum absolute atomic E-state index is 0.0985. The van der Waals surface area contributed by atoms with Gasteiger partial charge in [0.25, 0.3) is 0 Å². The Kier molecular flexibility index (Phi) is 5.42. The Morgan fingerprint density at radius 1 is 1.27 bits per heavy atom. The van der Waals surface area contributed by atoms with Crippen LogP contribution in [0.5, 0.6) is 5.75 Å². The second-order valence-electron chi connectivity index (χ2n) is 5.43. The molecule has 1 atom stereocenters. The Labute approximate surface area is 131 Å². The lowest BCUT2D eigenvalue weighted by molar-refractivity contribution is -0.134. The number of ether oxygens (including phenoxy) is 1. The zero-order valence-electron chi connectivity index (χ0n) is 12.9. The lowest BCUT2D eigenvalue weighted by Gasteiger charge is -2.29. The number of nitrogens with zero attached hydrogens (tertiary/aromatic N) is 1. The summed E-state index contributed by atoms with van der Waals surface area (Å²) >= 11 is 0. The van der Waals surface area contributed by atoms with E-state index in [1.807, 2.05) is 0 Å². The molecule has 1 N–H and O–H groups in total. The Morgan fingerprint density at radius 2 is 1.86 bits per heavy atom. The van der Waals surface area contributed by atoms with E-state index in [0.717, 1.165) is 13.1 Å². The number of hydrogen-bond donors (Lipinski definition) is 1. The minimum atomic E-state index is -3.49. The number of rotatable bonds is 5. The van der Waals surface area contributed by atoms with Crippen LogP contribution in [0.15, 0.2) is 29.2 Å². The number of carbonyl (C=O) groups excluding carboxylic acids is 1. The average Bonchev–Trinajstić information content (AvgIpc) is 2.54. The number of nitrogens with one attached hydrogen (secondary N) is 1. The molecule has 0 saturated carbocycles. The summed E-state index contributed by atoms with van der Waals surface area (Å²) in [5.74, 6) is -0.227. The number of sulfone groups is 1. The Bertz CT molecular complexity index is 607. The fourth-order valence-corrected chi connectivity index (χ4v) is 4.02. The van der Waals surface area contributed by atoms with Crippen molar-refractivity contribution in [2.24, 2.45) is 5.92 Å². The van der Waals surface area contributed by atoms with Gasteiger partial charge in [0, 0.05) is 32.1 Å². The van der Waals surface area contributed by atoms with Gasteiger partial charge in [0.05, 0.1) is 17.8 Å². The van der Waals surface area contributed by atoms with Crippen LogP contribution in [0.3, 0.4) is 0 Å². The summed E-state index contributed by atoms with van der Waals surface area (Å²) in [6, 6.07) is 6.23. The van der Waals surface area contributed by atoms with Gasteiger partial charge < -0.3 is 15.0 Å². The number of amides is 1. The maximum absolute atomic E-state index is 12.4. The van der Waals surface area contributed by atoms with Crippen LogP contribution in [0.2, 0.25) is 0 Å². The molecule has 0 bridgehead atoms. The van der Waals surface area contributed by atoms with E-state index in [1.165, 1.54) is 19.2 Å². The van der Waals surface area contributed by atoms with Crippen LogP contribution < -0.4 is 10.1 Å². The number of piperazine rings is 1. The smallest absolute Gasteiger partial charge is 0.226 e. The molecule has 0 aliphatic carbocycles. The summed E-state index contributed by atoms with van der Waals surface area (Å²) in [7, 11) is -1.96. The van der Waals surface area contributed by atoms with Crippen molar-refractivity contribution in [3.05, 3.63) is 24.3 Å². The Balaban J connectivity index is 2.04. The quantitative estimate of drug-likeness (QED) is 0.854. The topological polar surface area (TPSA) is 75.7 Å². The standard InChI is InChI=1S/C15H22N2O4S/c1-12(15(18)17-9-7-16-8-10-17)11-22(19,20)14-5-3-13(21-2)4-6-14/h3-6,12,16H,7-11H2,1-2H3. The average molecular weight is 326 g/mol. The fourth-order valence-electron chi connectivity index (χ4n) is 2.48. The highest BCUT2D eigenvalue weighted by Gasteiger charge is 2.27. The van der Waals surface area contributed by atoms with Gasteiger partial charge >= 0.3 is 0 Å². The molecule has 1 fully saturated rings. The molecule has 7 heteroatoms. The molecule has 0 radical (unpaired) electrons. The third kappa shape index (κ3) is 3.98. The SMILES string of the molecule is COc1ccc(S(=O)(=O)CC(C)C(=O)N2CCNCC2)cc1. The van der Waals surface area contributed by atoms with Gasteiger partial charge in [0.1, 0.15) is 5.75 Å². The molecule has 1 aliphatic rings. The summed E-state index contributed by atoms with van der Waals surface area (Å²) in [5, 5.41) is 3.17. The normalized spacial score (nSPS) is 17.1. The van der Waals surface area contributed by atoms with Gasteiger partial charge in [0.15, 0.2) is 9.84 Å². The molecule has 6 nitrogen and oxygen atoms in total. The van der Waals surface area contributed by atoms with E-state index in [9.17, 15) is 13.2 Å². The molecule has 1 amide bonds. The molecule has 1 heterocycles. The van der Waals surface area contributed by atoms with Crippen LogP contribution in [0.25, 0.3) is 0 Å². The second kappa shape index (κ2) is 7.11. The number of benzene rings is 1. The van der Waals surface area contributed by atoms with Crippen molar-refractivity contribution < 1.29 is 17.9 Å². The van der Waals surface area contributed by atoms with Crippen LogP contribution >= 0.6 is 0 Å². The van der Waals surface area contributed by atoms with E-state index in [4.69, 9.17) is 4.74 Å². The third-order valence-corrected chi connectivity index (χ3v) is 5.67. The van der Waals surface area contributed by atoms with Crippen molar-refractivity contribution in [1.82, 2.24) is 10.2 Å². The van der Waals surface area contributed by atoms with Gasteiger partial charge in [0.2, 0.25) is 5.91 Å². The Morgan fingerprint density at radius 3 is 2.41 bits per heavy atom. The van der Waals surface area contributed by atoms with E-state index >= 15 is 0 Å². The summed E-state index contributed by atoms with van der Waals surface area (Å²) in [4.78, 5) is 14.3. The highest BCUT2D eigenvalue weighted by atomic mass is 32.2. The first kappa shape index (κ1) is 16.8. The zero-order chi connectivity index (χ0) is 16.2. The molecule has 1 saturated heterocycles. The van der Waals surface area contributed by atoms with Crippen molar-refractivity contribution in [1.29, 1.82) is 0 Å². The molecule has 0 spiro atoms. The fraction of sp³-hybridized carbons (Fsp3) is 0.533. The molecule has 0 aromatic heterocycles. The predicted octanol–water partition coefficient (Wildman–Crippen LogP) is 0.537. The maximum Gasteiger partial charge on any atom is 0.226 e. The van der Waals surface area contributed by atoms with Gasteiger partial charge in [-0.3, -0.25) is 4.79 Å². The Hall–Kier alpha value is -1.60. The molecule has 1 aromatic rings. The molecule has 22 heavy (non-hydrogen) atoms. The first-order valence-corrected chi connectivity index (χ1v) is 8.95. The van der Waals surface area contributed by atoms with Crippen molar-refractivity contribution in [2.75, 3.05) is 39.0 Å². The minimum Gasteiger partial charge on any atom is -0.497 e. The molecule has 1 aromatic carbocycles. The van der Waals surface area contributed by atoms with Gasteiger partial charge in [-0.15, -0.1) is 0 Å². The largest absolute Gasteiger partial charge is 0.497 e. The van der Waals surface area contributed by atoms with Crippen molar-refractivity contribution >= 4 is 15.7 Å². The highest BCUT2D eigenvalue weighted by Crippen LogP contribution is 2.19. The lowest BCUT2D eigenvalue weighted by Crippen LogP contribution is -2.48. The summed E-state index contributed by atoms with van der Waals surface area (Å²) in [5.41, 5.74) is 0. The lowest BCUT2D eigenvalue weighted by atomic mass is 10.2. The monoisotopic (exact) mass is 326 g/mol. The number of carbonyl (C=O) groups is 1. The third-order valence-electron chi connectivity index (χ3n) is 3.74.